The molecular weight excluding hydrogens is 325 g/mol. The van der Waals surface area contributed by atoms with Crippen LogP contribution in [0.2, 0.25) is 0 Å². The number of amides is 1. The summed E-state index contributed by atoms with van der Waals surface area (Å²) in [6.07, 6.45) is 3.99. The van der Waals surface area contributed by atoms with Crippen LogP contribution in [0.15, 0.2) is 35.4 Å². The molecule has 1 aliphatic heterocycles. The first-order valence-electron chi connectivity index (χ1n) is 8.28. The number of pyridine rings is 1. The van der Waals surface area contributed by atoms with E-state index in [-0.39, 0.29) is 28.6 Å². The third-order valence-corrected chi connectivity index (χ3v) is 5.21. The Morgan fingerprint density at radius 3 is 2.84 bits per heavy atom. The number of aromatic nitrogens is 3. The highest BCUT2D eigenvalue weighted by atomic mass is 19.1. The molecule has 3 heterocycles. The minimum absolute atomic E-state index is 0.104. The maximum atomic E-state index is 13.2. The van der Waals surface area contributed by atoms with E-state index in [1.54, 1.807) is 12.1 Å². The number of hydrogen-bond donors (Lipinski definition) is 2. The number of nitrogens with zero attached hydrogens (tertiary/aromatic N) is 3. The summed E-state index contributed by atoms with van der Waals surface area (Å²) >= 11 is 0. The molecule has 1 atom stereocenters. The molecule has 2 aromatic rings. The highest BCUT2D eigenvalue weighted by Crippen LogP contribution is 2.54. The van der Waals surface area contributed by atoms with Crippen LogP contribution in [0.3, 0.4) is 0 Å². The van der Waals surface area contributed by atoms with E-state index < -0.39 is 5.95 Å². The van der Waals surface area contributed by atoms with Gasteiger partial charge < -0.3 is 15.2 Å². The molecule has 0 radical (unpaired) electrons. The second-order valence-corrected chi connectivity index (χ2v) is 6.71. The highest BCUT2D eigenvalue weighted by Gasteiger charge is 2.55. The minimum Gasteiger partial charge on any atom is -0.356 e. The summed E-state index contributed by atoms with van der Waals surface area (Å²) in [6.45, 7) is 1.54. The number of halogens is 1. The van der Waals surface area contributed by atoms with Gasteiger partial charge in [0.05, 0.1) is 0 Å². The third kappa shape index (κ3) is 3.11. The lowest BCUT2D eigenvalue weighted by Gasteiger charge is -2.33. The molecule has 0 aromatic carbocycles. The van der Waals surface area contributed by atoms with Crippen LogP contribution in [0, 0.1) is 11.4 Å². The van der Waals surface area contributed by atoms with Crippen molar-refractivity contribution in [1.29, 1.82) is 0 Å². The molecule has 1 unspecified atom stereocenters. The number of H-pyrrole nitrogens is 1. The van der Waals surface area contributed by atoms with Crippen molar-refractivity contribution in [2.24, 2.45) is 5.41 Å². The Labute approximate surface area is 143 Å². The van der Waals surface area contributed by atoms with Crippen molar-refractivity contribution >= 4 is 11.7 Å². The Hall–Kier alpha value is -2.77. The van der Waals surface area contributed by atoms with E-state index in [0.29, 0.717) is 5.82 Å². The summed E-state index contributed by atoms with van der Waals surface area (Å²) in [5.41, 5.74) is 0.0966. The molecule has 2 aromatic heterocycles. The van der Waals surface area contributed by atoms with Gasteiger partial charge in [0, 0.05) is 31.3 Å². The lowest BCUT2D eigenvalue weighted by atomic mass is 9.92. The molecule has 1 spiro atoms. The van der Waals surface area contributed by atoms with Crippen molar-refractivity contribution in [2.75, 3.05) is 18.0 Å². The molecule has 1 aliphatic carbocycles. The van der Waals surface area contributed by atoms with Gasteiger partial charge in [-0.25, -0.2) is 9.97 Å². The number of carbonyl (C=O) groups excluding carboxylic acids is 1. The average Bonchev–Trinajstić information content (AvgIpc) is 3.26. The Morgan fingerprint density at radius 1 is 1.32 bits per heavy atom. The van der Waals surface area contributed by atoms with Gasteiger partial charge in [-0.2, -0.15) is 4.39 Å². The van der Waals surface area contributed by atoms with Crippen LogP contribution in [0.4, 0.5) is 10.2 Å². The second kappa shape index (κ2) is 5.94. The number of nitrogens with one attached hydrogen (secondary N) is 2. The van der Waals surface area contributed by atoms with Crippen molar-refractivity contribution in [3.63, 3.8) is 0 Å². The van der Waals surface area contributed by atoms with Crippen LogP contribution < -0.4 is 15.8 Å². The quantitative estimate of drug-likeness (QED) is 0.814. The van der Waals surface area contributed by atoms with Gasteiger partial charge in [0.15, 0.2) is 0 Å². The number of rotatable bonds is 3. The molecule has 2 fully saturated rings. The lowest BCUT2D eigenvalue weighted by molar-refractivity contribution is 0.0938. The molecular formula is C17H18FN5O2. The van der Waals surface area contributed by atoms with Gasteiger partial charge in [-0.15, -0.1) is 0 Å². The van der Waals surface area contributed by atoms with Gasteiger partial charge in [-0.3, -0.25) is 9.59 Å². The molecule has 1 saturated heterocycles. The maximum Gasteiger partial charge on any atom is 0.268 e. The molecule has 1 saturated carbocycles. The molecule has 2 aliphatic rings. The number of aromatic amines is 1. The van der Waals surface area contributed by atoms with Crippen molar-refractivity contribution < 1.29 is 9.18 Å². The summed E-state index contributed by atoms with van der Waals surface area (Å²) in [6, 6.07) is 6.00. The van der Waals surface area contributed by atoms with E-state index in [1.807, 2.05) is 4.90 Å². The minimum atomic E-state index is -0.529. The van der Waals surface area contributed by atoms with Crippen molar-refractivity contribution in [3.05, 3.63) is 52.6 Å². The maximum absolute atomic E-state index is 13.2. The summed E-state index contributed by atoms with van der Waals surface area (Å²) in [5.74, 6) is -0.177. The number of anilines is 1. The zero-order valence-corrected chi connectivity index (χ0v) is 13.5. The fourth-order valence-corrected chi connectivity index (χ4v) is 3.60. The zero-order valence-electron chi connectivity index (χ0n) is 13.5. The fraction of sp³-hybridized carbons (Fsp3) is 0.412. The van der Waals surface area contributed by atoms with Gasteiger partial charge in [-0.05, 0) is 30.7 Å². The fourth-order valence-electron chi connectivity index (χ4n) is 3.60. The molecule has 2 N–H and O–H groups in total. The summed E-state index contributed by atoms with van der Waals surface area (Å²) in [4.78, 5) is 35.7. The third-order valence-electron chi connectivity index (χ3n) is 5.21. The number of piperidine rings is 1. The van der Waals surface area contributed by atoms with Crippen molar-refractivity contribution in [1.82, 2.24) is 20.3 Å². The van der Waals surface area contributed by atoms with Crippen LogP contribution in [-0.4, -0.2) is 40.0 Å². The Bertz CT molecular complexity index is 860. The van der Waals surface area contributed by atoms with Gasteiger partial charge in [0.1, 0.15) is 17.8 Å². The van der Waals surface area contributed by atoms with Crippen LogP contribution >= 0.6 is 0 Å². The Balaban J connectivity index is 1.36. The van der Waals surface area contributed by atoms with Gasteiger partial charge in [0.25, 0.3) is 5.91 Å². The van der Waals surface area contributed by atoms with Crippen LogP contribution in [0.25, 0.3) is 0 Å². The lowest BCUT2D eigenvalue weighted by Crippen LogP contribution is -2.39. The molecule has 8 heteroatoms. The first-order chi connectivity index (χ1) is 12.1. The van der Waals surface area contributed by atoms with Crippen LogP contribution in [0.5, 0.6) is 0 Å². The number of hydrogen-bond acceptors (Lipinski definition) is 5. The Kier molecular flexibility index (Phi) is 3.74. The smallest absolute Gasteiger partial charge is 0.268 e. The van der Waals surface area contributed by atoms with Gasteiger partial charge in [0.2, 0.25) is 11.5 Å². The van der Waals surface area contributed by atoms with Crippen molar-refractivity contribution in [3.8, 4) is 0 Å². The average molecular weight is 343 g/mol. The van der Waals surface area contributed by atoms with Crippen LogP contribution in [0.1, 0.15) is 29.8 Å². The summed E-state index contributed by atoms with van der Waals surface area (Å²) in [7, 11) is 0. The molecule has 130 valence electrons. The van der Waals surface area contributed by atoms with E-state index in [1.165, 1.54) is 18.5 Å². The van der Waals surface area contributed by atoms with E-state index in [2.05, 4.69) is 20.3 Å². The zero-order chi connectivity index (χ0) is 17.4. The second-order valence-electron chi connectivity index (χ2n) is 6.71. The van der Waals surface area contributed by atoms with E-state index in [0.717, 1.165) is 32.4 Å². The Morgan fingerprint density at radius 2 is 2.12 bits per heavy atom. The first-order valence-corrected chi connectivity index (χ1v) is 8.28. The monoisotopic (exact) mass is 343 g/mol. The van der Waals surface area contributed by atoms with Gasteiger partial charge in [-0.1, -0.05) is 6.07 Å². The van der Waals surface area contributed by atoms with E-state index in [9.17, 15) is 14.0 Å². The van der Waals surface area contributed by atoms with Crippen LogP contribution in [-0.2, 0) is 0 Å². The topological polar surface area (TPSA) is 91.0 Å². The molecule has 4 rings (SSSR count). The largest absolute Gasteiger partial charge is 0.356 e. The molecule has 25 heavy (non-hydrogen) atoms. The molecule has 7 nitrogen and oxygen atoms in total. The van der Waals surface area contributed by atoms with Crippen molar-refractivity contribution in [2.45, 2.75) is 25.3 Å². The number of carbonyl (C=O) groups is 1. The predicted molar refractivity (Wildman–Crippen MR) is 88.8 cm³/mol. The normalized spacial score (nSPS) is 21.2. The standard InChI is InChI=1S/C17H18FN5O2/c18-13-8-14(20-10-19-13)23-6-4-17(5-7-23)9-12(17)22-16(25)11-2-1-3-15(24)21-11/h1-3,8,10,12H,4-7,9H2,(H,21,24)(H,22,25). The summed E-state index contributed by atoms with van der Waals surface area (Å²) in [5, 5.41) is 3.01. The molecule has 0 bridgehead atoms. The highest BCUT2D eigenvalue weighted by molar-refractivity contribution is 5.92. The first kappa shape index (κ1) is 15.7. The van der Waals surface area contributed by atoms with E-state index in [4.69, 9.17) is 0 Å². The SMILES string of the molecule is O=C(NC1CC12CCN(c1cc(F)ncn1)CC2)c1cccc(=O)[nH]1. The van der Waals surface area contributed by atoms with E-state index >= 15 is 0 Å². The van der Waals surface area contributed by atoms with Gasteiger partial charge >= 0.3 is 0 Å². The summed E-state index contributed by atoms with van der Waals surface area (Å²) < 4.78 is 13.2. The predicted octanol–water partition coefficient (Wildman–Crippen LogP) is 1.09. The molecule has 1 amide bonds.